The third kappa shape index (κ3) is 3.63. The highest BCUT2D eigenvalue weighted by Crippen LogP contribution is 2.23. The number of nitrogens with zero attached hydrogens (tertiary/aromatic N) is 4. The van der Waals surface area contributed by atoms with Crippen LogP contribution in [0.25, 0.3) is 5.78 Å². The molecule has 3 aromatic rings. The first-order valence-electron chi connectivity index (χ1n) is 7.79. The van der Waals surface area contributed by atoms with E-state index in [-0.39, 0.29) is 5.91 Å². The molecule has 0 saturated heterocycles. The molecule has 1 amide bonds. The number of nitrogens with one attached hydrogen (secondary N) is 1. The van der Waals surface area contributed by atoms with Crippen molar-refractivity contribution in [2.45, 2.75) is 38.1 Å². The van der Waals surface area contributed by atoms with Crippen LogP contribution in [0.4, 0.5) is 10.1 Å². The van der Waals surface area contributed by atoms with Crippen molar-refractivity contribution in [1.29, 1.82) is 0 Å². The molecule has 1 unspecified atom stereocenters. The summed E-state index contributed by atoms with van der Waals surface area (Å²) in [7, 11) is 0. The first kappa shape index (κ1) is 17.3. The number of hydrogen-bond acceptors (Lipinski definition) is 5. The van der Waals surface area contributed by atoms with Crippen molar-refractivity contribution in [3.63, 3.8) is 0 Å². The van der Waals surface area contributed by atoms with Crippen LogP contribution >= 0.6 is 11.8 Å². The maximum atomic E-state index is 13.2. The number of benzene rings is 1. The lowest BCUT2D eigenvalue weighted by Crippen LogP contribution is -2.22. The lowest BCUT2D eigenvalue weighted by molar-refractivity contribution is -0.115. The molecular weight excluding hydrogens is 341 g/mol. The molecule has 1 atom stereocenters. The number of carbonyl (C=O) groups is 1. The van der Waals surface area contributed by atoms with Crippen molar-refractivity contribution >= 4 is 29.1 Å². The van der Waals surface area contributed by atoms with Crippen LogP contribution < -0.4 is 5.32 Å². The van der Waals surface area contributed by atoms with Crippen LogP contribution in [0.3, 0.4) is 0 Å². The number of carbonyl (C=O) groups excluding carboxylic acids is 1. The van der Waals surface area contributed by atoms with Crippen molar-refractivity contribution in [3.8, 4) is 0 Å². The number of fused-ring (bicyclic) bond motifs is 1. The summed E-state index contributed by atoms with van der Waals surface area (Å²) >= 11 is 1.23. The Bertz CT molecular complexity index is 956. The first-order valence-corrected chi connectivity index (χ1v) is 8.67. The second-order valence-electron chi connectivity index (χ2n) is 5.77. The molecule has 0 bridgehead atoms. The standard InChI is InChI=1S/C17H18FN5OS/c1-9-10(2)19-16-21-17(22-23(16)11(9)3)25-12(4)15(24)20-14-7-5-6-13(18)8-14/h5-8,12H,1-4H3,(H,20,24). The predicted octanol–water partition coefficient (Wildman–Crippen LogP) is 3.31. The van der Waals surface area contributed by atoms with Gasteiger partial charge in [0, 0.05) is 17.1 Å². The van der Waals surface area contributed by atoms with Crippen molar-refractivity contribution < 1.29 is 9.18 Å². The van der Waals surface area contributed by atoms with E-state index < -0.39 is 11.1 Å². The summed E-state index contributed by atoms with van der Waals surface area (Å²) in [6.45, 7) is 7.63. The van der Waals surface area contributed by atoms with E-state index in [1.807, 2.05) is 20.8 Å². The first-order chi connectivity index (χ1) is 11.8. The summed E-state index contributed by atoms with van der Waals surface area (Å²) in [4.78, 5) is 21.1. The fraction of sp³-hybridized carbons (Fsp3) is 0.294. The highest BCUT2D eigenvalue weighted by molar-refractivity contribution is 8.00. The van der Waals surface area contributed by atoms with E-state index in [0.29, 0.717) is 16.6 Å². The van der Waals surface area contributed by atoms with Gasteiger partial charge in [-0.25, -0.2) is 13.9 Å². The van der Waals surface area contributed by atoms with Crippen molar-refractivity contribution in [3.05, 3.63) is 47.0 Å². The van der Waals surface area contributed by atoms with Crippen LogP contribution in [0.2, 0.25) is 0 Å². The van der Waals surface area contributed by atoms with Crippen molar-refractivity contribution in [1.82, 2.24) is 19.6 Å². The van der Waals surface area contributed by atoms with Crippen molar-refractivity contribution in [2.24, 2.45) is 0 Å². The predicted molar refractivity (Wildman–Crippen MR) is 95.3 cm³/mol. The van der Waals surface area contributed by atoms with Gasteiger partial charge in [0.05, 0.1) is 5.25 Å². The maximum absolute atomic E-state index is 13.2. The van der Waals surface area contributed by atoms with Gasteiger partial charge in [-0.15, -0.1) is 5.10 Å². The molecule has 2 aromatic heterocycles. The number of halogens is 1. The minimum absolute atomic E-state index is 0.244. The number of amides is 1. The number of aryl methyl sites for hydroxylation is 2. The van der Waals surface area contributed by atoms with Gasteiger partial charge >= 0.3 is 0 Å². The molecule has 0 aliphatic carbocycles. The molecule has 8 heteroatoms. The molecule has 0 saturated carbocycles. The molecular formula is C17H18FN5OS. The van der Waals surface area contributed by atoms with Gasteiger partial charge < -0.3 is 5.32 Å². The summed E-state index contributed by atoms with van der Waals surface area (Å²) in [6.07, 6.45) is 0. The van der Waals surface area contributed by atoms with E-state index in [1.54, 1.807) is 23.6 Å². The molecule has 0 aliphatic rings. The van der Waals surface area contributed by atoms with Crippen LogP contribution in [-0.4, -0.2) is 30.7 Å². The normalized spacial score (nSPS) is 12.4. The maximum Gasteiger partial charge on any atom is 0.253 e. The average Bonchev–Trinajstić information content (AvgIpc) is 2.95. The lowest BCUT2D eigenvalue weighted by atomic mass is 10.2. The Morgan fingerprint density at radius 2 is 2.04 bits per heavy atom. The number of anilines is 1. The number of thioether (sulfide) groups is 1. The molecule has 2 heterocycles. The minimum Gasteiger partial charge on any atom is -0.325 e. The van der Waals surface area contributed by atoms with E-state index in [0.717, 1.165) is 17.0 Å². The van der Waals surface area contributed by atoms with Gasteiger partial charge in [-0.3, -0.25) is 4.79 Å². The third-order valence-electron chi connectivity index (χ3n) is 3.99. The molecule has 1 aromatic carbocycles. The second kappa shape index (κ2) is 6.79. The smallest absolute Gasteiger partial charge is 0.253 e. The highest BCUT2D eigenvalue weighted by atomic mass is 32.2. The monoisotopic (exact) mass is 359 g/mol. The molecule has 0 aliphatic heterocycles. The number of rotatable bonds is 4. The van der Waals surface area contributed by atoms with Crippen molar-refractivity contribution in [2.75, 3.05) is 5.32 Å². The van der Waals surface area contributed by atoms with E-state index in [9.17, 15) is 9.18 Å². The zero-order valence-electron chi connectivity index (χ0n) is 14.4. The fourth-order valence-electron chi connectivity index (χ4n) is 2.31. The molecule has 0 fully saturated rings. The Kier molecular flexibility index (Phi) is 4.71. The van der Waals surface area contributed by atoms with Crippen LogP contribution in [0.1, 0.15) is 23.9 Å². The van der Waals surface area contributed by atoms with Crippen LogP contribution in [0.5, 0.6) is 0 Å². The Balaban J connectivity index is 1.76. The van der Waals surface area contributed by atoms with E-state index in [1.165, 1.54) is 23.9 Å². The van der Waals surface area contributed by atoms with Crippen LogP contribution in [0.15, 0.2) is 29.4 Å². The minimum atomic E-state index is -0.442. The van der Waals surface area contributed by atoms with E-state index in [2.05, 4.69) is 20.4 Å². The summed E-state index contributed by atoms with van der Waals surface area (Å²) in [5.74, 6) is -0.125. The molecule has 25 heavy (non-hydrogen) atoms. The topological polar surface area (TPSA) is 72.2 Å². The molecule has 0 radical (unpaired) electrons. The Labute approximate surface area is 148 Å². The summed E-state index contributed by atoms with van der Waals surface area (Å²) in [5, 5.41) is 7.15. The summed E-state index contributed by atoms with van der Waals surface area (Å²) in [5.41, 5.74) is 3.36. The molecule has 1 N–H and O–H groups in total. The molecule has 6 nitrogen and oxygen atoms in total. The molecule has 0 spiro atoms. The Hall–Kier alpha value is -2.48. The number of aromatic nitrogens is 4. The van der Waals surface area contributed by atoms with Crippen LogP contribution in [0, 0.1) is 26.6 Å². The van der Waals surface area contributed by atoms with Gasteiger partial charge in [-0.05, 0) is 51.5 Å². The van der Waals surface area contributed by atoms with Gasteiger partial charge in [0.25, 0.3) is 5.78 Å². The van der Waals surface area contributed by atoms with E-state index in [4.69, 9.17) is 0 Å². The van der Waals surface area contributed by atoms with Gasteiger partial charge in [0.1, 0.15) is 5.82 Å². The van der Waals surface area contributed by atoms with Gasteiger partial charge in [0.2, 0.25) is 11.1 Å². The second-order valence-corrected chi connectivity index (χ2v) is 7.08. The van der Waals surface area contributed by atoms with E-state index >= 15 is 0 Å². The largest absolute Gasteiger partial charge is 0.325 e. The SMILES string of the molecule is Cc1nc2nc(SC(C)C(=O)Nc3cccc(F)c3)nn2c(C)c1C. The Morgan fingerprint density at radius 3 is 2.76 bits per heavy atom. The summed E-state index contributed by atoms with van der Waals surface area (Å²) < 4.78 is 14.9. The summed E-state index contributed by atoms with van der Waals surface area (Å²) in [6, 6.07) is 5.79. The fourth-order valence-corrected chi connectivity index (χ4v) is 3.05. The molecule has 130 valence electrons. The van der Waals surface area contributed by atoms with Gasteiger partial charge in [-0.2, -0.15) is 4.98 Å². The van der Waals surface area contributed by atoms with Crippen LogP contribution in [-0.2, 0) is 4.79 Å². The third-order valence-corrected chi connectivity index (χ3v) is 4.94. The Morgan fingerprint density at radius 1 is 1.28 bits per heavy atom. The quantitative estimate of drug-likeness (QED) is 0.724. The average molecular weight is 359 g/mol. The molecule has 3 rings (SSSR count). The lowest BCUT2D eigenvalue weighted by Gasteiger charge is -2.10. The zero-order valence-corrected chi connectivity index (χ0v) is 15.2. The zero-order chi connectivity index (χ0) is 18.1. The van der Waals surface area contributed by atoms with Gasteiger partial charge in [0.15, 0.2) is 0 Å². The number of hydrogen-bond donors (Lipinski definition) is 1. The highest BCUT2D eigenvalue weighted by Gasteiger charge is 2.19. The van der Waals surface area contributed by atoms with Gasteiger partial charge in [-0.1, -0.05) is 17.8 Å².